The lowest BCUT2D eigenvalue weighted by atomic mass is 9.93. The topological polar surface area (TPSA) is 70.2 Å². The summed E-state index contributed by atoms with van der Waals surface area (Å²) in [5, 5.41) is 9.50. The van der Waals surface area contributed by atoms with Gasteiger partial charge in [0.1, 0.15) is 0 Å². The van der Waals surface area contributed by atoms with Gasteiger partial charge in [0, 0.05) is 17.5 Å². The highest BCUT2D eigenvalue weighted by atomic mass is 35.5. The number of anilines is 1. The summed E-state index contributed by atoms with van der Waals surface area (Å²) in [6, 6.07) is 4.94. The van der Waals surface area contributed by atoms with Crippen molar-refractivity contribution in [2.75, 3.05) is 18.4 Å². The van der Waals surface area contributed by atoms with Gasteiger partial charge in [-0.15, -0.1) is 0 Å². The maximum Gasteiger partial charge on any atom is 0.253 e. The van der Waals surface area contributed by atoms with Crippen molar-refractivity contribution in [3.05, 3.63) is 28.8 Å². The Morgan fingerprint density at radius 2 is 2.00 bits per heavy atom. The quantitative estimate of drug-likeness (QED) is 0.737. The lowest BCUT2D eigenvalue weighted by Gasteiger charge is -2.22. The van der Waals surface area contributed by atoms with E-state index in [4.69, 9.17) is 11.6 Å². The SMILES string of the molecule is CC(C)NC(=O)c1ccc(Cl)cc1NC(=O)CCC1CCNCC1. The Hall–Kier alpha value is -1.59. The van der Waals surface area contributed by atoms with E-state index in [1.54, 1.807) is 18.2 Å². The summed E-state index contributed by atoms with van der Waals surface area (Å²) in [5.74, 6) is 0.310. The van der Waals surface area contributed by atoms with Gasteiger partial charge in [0.2, 0.25) is 5.91 Å². The molecule has 2 rings (SSSR count). The highest BCUT2D eigenvalue weighted by molar-refractivity contribution is 6.31. The summed E-state index contributed by atoms with van der Waals surface area (Å²) < 4.78 is 0. The Kier molecular flexibility index (Phi) is 7.06. The third kappa shape index (κ3) is 5.80. The average Bonchev–Trinajstić information content (AvgIpc) is 2.53. The number of hydrogen-bond donors (Lipinski definition) is 3. The summed E-state index contributed by atoms with van der Waals surface area (Å²) >= 11 is 6.02. The number of hydrogen-bond acceptors (Lipinski definition) is 3. The van der Waals surface area contributed by atoms with Gasteiger partial charge in [0.15, 0.2) is 0 Å². The first-order chi connectivity index (χ1) is 11.5. The van der Waals surface area contributed by atoms with Crippen molar-refractivity contribution in [1.82, 2.24) is 10.6 Å². The molecule has 0 atom stereocenters. The van der Waals surface area contributed by atoms with Crippen molar-refractivity contribution < 1.29 is 9.59 Å². The first kappa shape index (κ1) is 18.7. The van der Waals surface area contributed by atoms with Crippen LogP contribution in [-0.2, 0) is 4.79 Å². The number of amides is 2. The van der Waals surface area contributed by atoms with Crippen molar-refractivity contribution in [2.45, 2.75) is 45.6 Å². The van der Waals surface area contributed by atoms with Gasteiger partial charge in [-0.1, -0.05) is 11.6 Å². The Labute approximate surface area is 148 Å². The summed E-state index contributed by atoms with van der Waals surface area (Å²) in [4.78, 5) is 24.5. The molecule has 1 heterocycles. The molecule has 5 nitrogen and oxygen atoms in total. The molecule has 1 aliphatic heterocycles. The van der Waals surface area contributed by atoms with Gasteiger partial charge in [-0.25, -0.2) is 0 Å². The molecular formula is C18H26ClN3O2. The van der Waals surface area contributed by atoms with Gasteiger partial charge >= 0.3 is 0 Å². The van der Waals surface area contributed by atoms with Gasteiger partial charge in [0.05, 0.1) is 11.3 Å². The lowest BCUT2D eigenvalue weighted by Crippen LogP contribution is -2.31. The first-order valence-corrected chi connectivity index (χ1v) is 8.94. The van der Waals surface area contributed by atoms with Crippen molar-refractivity contribution in [3.63, 3.8) is 0 Å². The fraction of sp³-hybridized carbons (Fsp3) is 0.556. The van der Waals surface area contributed by atoms with E-state index < -0.39 is 0 Å². The van der Waals surface area contributed by atoms with E-state index >= 15 is 0 Å². The van der Waals surface area contributed by atoms with Crippen LogP contribution in [0.4, 0.5) is 5.69 Å². The molecule has 0 saturated carbocycles. The van der Waals surface area contributed by atoms with Gasteiger partial charge < -0.3 is 16.0 Å². The third-order valence-corrected chi connectivity index (χ3v) is 4.39. The zero-order valence-corrected chi connectivity index (χ0v) is 15.1. The minimum atomic E-state index is -0.213. The molecule has 1 aromatic rings. The standard InChI is InChI=1S/C18H26ClN3O2/c1-12(2)21-18(24)15-5-4-14(19)11-16(15)22-17(23)6-3-13-7-9-20-10-8-13/h4-5,11-13,20H,3,6-10H2,1-2H3,(H,21,24)(H,22,23). The number of carbonyl (C=O) groups excluding carboxylic acids is 2. The van der Waals surface area contributed by atoms with Crippen molar-refractivity contribution in [1.29, 1.82) is 0 Å². The molecule has 6 heteroatoms. The minimum absolute atomic E-state index is 0.0247. The summed E-state index contributed by atoms with van der Waals surface area (Å²) in [5.41, 5.74) is 0.902. The van der Waals surface area contributed by atoms with Gasteiger partial charge in [0.25, 0.3) is 5.91 Å². The van der Waals surface area contributed by atoms with Crippen molar-refractivity contribution >= 4 is 29.1 Å². The number of carbonyl (C=O) groups is 2. The van der Waals surface area contributed by atoms with Crippen LogP contribution in [0.5, 0.6) is 0 Å². The third-order valence-electron chi connectivity index (χ3n) is 4.16. The van der Waals surface area contributed by atoms with E-state index in [2.05, 4.69) is 16.0 Å². The lowest BCUT2D eigenvalue weighted by molar-refractivity contribution is -0.116. The van der Waals surface area contributed by atoms with Gasteiger partial charge in [-0.2, -0.15) is 0 Å². The second kappa shape index (κ2) is 9.04. The Morgan fingerprint density at radius 3 is 2.67 bits per heavy atom. The molecule has 3 N–H and O–H groups in total. The van der Waals surface area contributed by atoms with Crippen LogP contribution < -0.4 is 16.0 Å². The normalized spacial score (nSPS) is 15.3. The minimum Gasteiger partial charge on any atom is -0.350 e. The number of rotatable bonds is 6. The highest BCUT2D eigenvalue weighted by Gasteiger charge is 2.17. The number of piperidine rings is 1. The molecule has 2 amide bonds. The van der Waals surface area contributed by atoms with Crippen molar-refractivity contribution in [3.8, 4) is 0 Å². The van der Waals surface area contributed by atoms with Gasteiger partial charge in [-0.05, 0) is 70.3 Å². The predicted molar refractivity (Wildman–Crippen MR) is 97.5 cm³/mol. The van der Waals surface area contributed by atoms with Crippen LogP contribution >= 0.6 is 11.6 Å². The van der Waals surface area contributed by atoms with E-state index in [-0.39, 0.29) is 17.9 Å². The fourth-order valence-corrected chi connectivity index (χ4v) is 3.05. The average molecular weight is 352 g/mol. The second-order valence-corrected chi connectivity index (χ2v) is 7.03. The second-order valence-electron chi connectivity index (χ2n) is 6.60. The van der Waals surface area contributed by atoms with Crippen LogP contribution in [0.1, 0.15) is 49.9 Å². The van der Waals surface area contributed by atoms with Crippen LogP contribution in [0.25, 0.3) is 0 Å². The maximum atomic E-state index is 12.3. The van der Waals surface area contributed by atoms with Crippen LogP contribution in [0, 0.1) is 5.92 Å². The summed E-state index contributed by atoms with van der Waals surface area (Å²) in [7, 11) is 0. The molecule has 0 bridgehead atoms. The van der Waals surface area contributed by atoms with E-state index in [1.165, 1.54) is 0 Å². The van der Waals surface area contributed by atoms with Crippen LogP contribution in [0.15, 0.2) is 18.2 Å². The Bertz CT molecular complexity index is 584. The largest absolute Gasteiger partial charge is 0.350 e. The number of benzene rings is 1. The van der Waals surface area contributed by atoms with E-state index in [0.717, 1.165) is 32.4 Å². The van der Waals surface area contributed by atoms with E-state index in [9.17, 15) is 9.59 Å². The van der Waals surface area contributed by atoms with E-state index in [0.29, 0.717) is 28.6 Å². The molecule has 0 spiro atoms. The smallest absolute Gasteiger partial charge is 0.253 e. The number of nitrogens with one attached hydrogen (secondary N) is 3. The monoisotopic (exact) mass is 351 g/mol. The van der Waals surface area contributed by atoms with E-state index in [1.807, 2.05) is 13.8 Å². The molecule has 1 aromatic carbocycles. The van der Waals surface area contributed by atoms with Crippen molar-refractivity contribution in [2.24, 2.45) is 5.92 Å². The molecule has 1 aliphatic rings. The Balaban J connectivity index is 1.97. The molecule has 0 aromatic heterocycles. The molecule has 0 unspecified atom stereocenters. The fourth-order valence-electron chi connectivity index (χ4n) is 2.88. The molecule has 132 valence electrons. The number of halogens is 1. The maximum absolute atomic E-state index is 12.3. The molecule has 0 aliphatic carbocycles. The molecule has 1 fully saturated rings. The zero-order valence-electron chi connectivity index (χ0n) is 14.3. The summed E-state index contributed by atoms with van der Waals surface area (Å²) in [6.45, 7) is 5.84. The molecular weight excluding hydrogens is 326 g/mol. The predicted octanol–water partition coefficient (Wildman–Crippen LogP) is 3.20. The van der Waals surface area contributed by atoms with Crippen LogP contribution in [0.2, 0.25) is 5.02 Å². The van der Waals surface area contributed by atoms with Crippen LogP contribution in [-0.4, -0.2) is 30.9 Å². The molecule has 1 saturated heterocycles. The zero-order chi connectivity index (χ0) is 17.5. The first-order valence-electron chi connectivity index (χ1n) is 8.56. The molecule has 0 radical (unpaired) electrons. The Morgan fingerprint density at radius 1 is 1.29 bits per heavy atom. The highest BCUT2D eigenvalue weighted by Crippen LogP contribution is 2.23. The van der Waals surface area contributed by atoms with Crippen LogP contribution in [0.3, 0.4) is 0 Å². The molecule has 24 heavy (non-hydrogen) atoms. The van der Waals surface area contributed by atoms with Gasteiger partial charge in [-0.3, -0.25) is 9.59 Å². The summed E-state index contributed by atoms with van der Waals surface area (Å²) in [6.07, 6.45) is 3.57.